The fraction of sp³-hybridized carbons (Fsp3) is 0.176. The average Bonchev–Trinajstić information content (AvgIpc) is 2.88. The number of hydrogen-bond acceptors (Lipinski definition) is 0. The maximum atomic E-state index is 12.6. The Morgan fingerprint density at radius 3 is 2.19 bits per heavy atom. The summed E-state index contributed by atoms with van der Waals surface area (Å²) in [6, 6.07) is 13.3. The van der Waals surface area contributed by atoms with Crippen LogP contribution in [0.2, 0.25) is 0 Å². The second-order valence-electron chi connectivity index (χ2n) is 4.95. The zero-order valence-electron chi connectivity index (χ0n) is 11.5. The summed E-state index contributed by atoms with van der Waals surface area (Å²) < 4.78 is 39.9. The molecular weight excluding hydrogens is 275 g/mol. The number of alkyl halides is 3. The SMILES string of the molecule is CCn1ccc2ccc(-c3ccc(C(F)(F)F)cc3)cc21. The molecule has 21 heavy (non-hydrogen) atoms. The van der Waals surface area contributed by atoms with Crippen molar-refractivity contribution in [1.82, 2.24) is 4.57 Å². The van der Waals surface area contributed by atoms with Crippen molar-refractivity contribution in [2.75, 3.05) is 0 Å². The summed E-state index contributed by atoms with van der Waals surface area (Å²) in [4.78, 5) is 0. The second-order valence-corrected chi connectivity index (χ2v) is 4.95. The van der Waals surface area contributed by atoms with Gasteiger partial charge in [0.2, 0.25) is 0 Å². The van der Waals surface area contributed by atoms with E-state index in [1.807, 2.05) is 30.5 Å². The minimum atomic E-state index is -4.29. The molecule has 0 unspecified atom stereocenters. The average molecular weight is 289 g/mol. The lowest BCUT2D eigenvalue weighted by Crippen LogP contribution is -2.03. The first kappa shape index (κ1) is 13.7. The Balaban J connectivity index is 2.03. The molecule has 0 radical (unpaired) electrons. The van der Waals surface area contributed by atoms with Gasteiger partial charge in [-0.1, -0.05) is 24.3 Å². The third-order valence-electron chi connectivity index (χ3n) is 3.66. The molecule has 0 aliphatic rings. The van der Waals surface area contributed by atoms with Gasteiger partial charge in [-0.15, -0.1) is 0 Å². The smallest absolute Gasteiger partial charge is 0.348 e. The summed E-state index contributed by atoms with van der Waals surface area (Å²) >= 11 is 0. The zero-order valence-corrected chi connectivity index (χ0v) is 11.5. The van der Waals surface area contributed by atoms with Gasteiger partial charge in [0.15, 0.2) is 0 Å². The predicted molar refractivity (Wildman–Crippen MR) is 78.1 cm³/mol. The van der Waals surface area contributed by atoms with Crippen LogP contribution in [0.4, 0.5) is 13.2 Å². The maximum Gasteiger partial charge on any atom is 0.416 e. The van der Waals surface area contributed by atoms with Crippen LogP contribution in [0, 0.1) is 0 Å². The van der Waals surface area contributed by atoms with E-state index in [1.165, 1.54) is 12.1 Å². The molecule has 0 N–H and O–H groups in total. The summed E-state index contributed by atoms with van der Waals surface area (Å²) in [7, 11) is 0. The first-order valence-electron chi connectivity index (χ1n) is 6.75. The summed E-state index contributed by atoms with van der Waals surface area (Å²) in [5, 5.41) is 1.13. The zero-order chi connectivity index (χ0) is 15.0. The van der Waals surface area contributed by atoms with E-state index >= 15 is 0 Å². The molecule has 0 fully saturated rings. The number of fused-ring (bicyclic) bond motifs is 1. The van der Waals surface area contributed by atoms with Crippen LogP contribution < -0.4 is 0 Å². The van der Waals surface area contributed by atoms with Gasteiger partial charge < -0.3 is 4.57 Å². The van der Waals surface area contributed by atoms with E-state index in [9.17, 15) is 13.2 Å². The lowest BCUT2D eigenvalue weighted by molar-refractivity contribution is -0.137. The molecule has 1 nitrogen and oxygen atoms in total. The second kappa shape index (κ2) is 4.95. The molecule has 0 saturated carbocycles. The molecule has 3 aromatic rings. The number of halogens is 3. The summed E-state index contributed by atoms with van der Waals surface area (Å²) in [6.45, 7) is 2.92. The Morgan fingerprint density at radius 2 is 1.57 bits per heavy atom. The van der Waals surface area contributed by atoms with Crippen LogP contribution in [0.3, 0.4) is 0 Å². The highest BCUT2D eigenvalue weighted by Crippen LogP contribution is 2.31. The van der Waals surface area contributed by atoms with Crippen molar-refractivity contribution in [2.24, 2.45) is 0 Å². The van der Waals surface area contributed by atoms with Crippen LogP contribution in [0.25, 0.3) is 22.0 Å². The lowest BCUT2D eigenvalue weighted by Gasteiger charge is -2.08. The Hall–Kier alpha value is -2.23. The highest BCUT2D eigenvalue weighted by molar-refractivity contribution is 5.85. The fourth-order valence-electron chi connectivity index (χ4n) is 2.49. The first-order chi connectivity index (χ1) is 9.99. The largest absolute Gasteiger partial charge is 0.416 e. The van der Waals surface area contributed by atoms with Gasteiger partial charge in [0, 0.05) is 18.3 Å². The molecule has 0 bridgehead atoms. The third kappa shape index (κ3) is 2.53. The molecule has 2 aromatic carbocycles. The first-order valence-corrected chi connectivity index (χ1v) is 6.75. The van der Waals surface area contributed by atoms with E-state index in [0.717, 1.165) is 40.7 Å². The van der Waals surface area contributed by atoms with Crippen LogP contribution in [0.15, 0.2) is 54.7 Å². The van der Waals surface area contributed by atoms with E-state index in [-0.39, 0.29) is 0 Å². The van der Waals surface area contributed by atoms with Crippen LogP contribution in [0.1, 0.15) is 12.5 Å². The number of rotatable bonds is 2. The van der Waals surface area contributed by atoms with Gasteiger partial charge in [0.1, 0.15) is 0 Å². The Labute approximate surface area is 120 Å². The minimum absolute atomic E-state index is 0.621. The van der Waals surface area contributed by atoms with Gasteiger partial charge in [-0.2, -0.15) is 13.2 Å². The maximum absolute atomic E-state index is 12.6. The van der Waals surface area contributed by atoms with Crippen molar-refractivity contribution < 1.29 is 13.2 Å². The van der Waals surface area contributed by atoms with Crippen LogP contribution >= 0.6 is 0 Å². The van der Waals surface area contributed by atoms with Crippen LogP contribution in [-0.2, 0) is 12.7 Å². The third-order valence-corrected chi connectivity index (χ3v) is 3.66. The monoisotopic (exact) mass is 289 g/mol. The van der Waals surface area contributed by atoms with Gasteiger partial charge in [-0.05, 0) is 47.7 Å². The van der Waals surface area contributed by atoms with Crippen molar-refractivity contribution >= 4 is 10.9 Å². The van der Waals surface area contributed by atoms with Gasteiger partial charge in [-0.3, -0.25) is 0 Å². The lowest BCUT2D eigenvalue weighted by atomic mass is 10.0. The molecule has 1 heterocycles. The van der Waals surface area contributed by atoms with Crippen LogP contribution in [-0.4, -0.2) is 4.57 Å². The summed E-state index contributed by atoms with van der Waals surface area (Å²) in [5.41, 5.74) is 2.18. The van der Waals surface area contributed by atoms with E-state index in [4.69, 9.17) is 0 Å². The van der Waals surface area contributed by atoms with Crippen molar-refractivity contribution in [3.63, 3.8) is 0 Å². The molecule has 0 spiro atoms. The highest BCUT2D eigenvalue weighted by atomic mass is 19.4. The molecular formula is C17H14F3N. The fourth-order valence-corrected chi connectivity index (χ4v) is 2.49. The molecule has 108 valence electrons. The number of aryl methyl sites for hydroxylation is 1. The number of aromatic nitrogens is 1. The molecule has 3 rings (SSSR count). The molecule has 0 saturated heterocycles. The predicted octanol–water partition coefficient (Wildman–Crippen LogP) is 5.35. The summed E-state index contributed by atoms with van der Waals surface area (Å²) in [5.74, 6) is 0. The van der Waals surface area contributed by atoms with Crippen molar-refractivity contribution in [1.29, 1.82) is 0 Å². The van der Waals surface area contributed by atoms with Crippen molar-refractivity contribution in [3.05, 3.63) is 60.3 Å². The normalized spacial score (nSPS) is 12.0. The molecule has 0 aliphatic carbocycles. The number of nitrogens with zero attached hydrogens (tertiary/aromatic N) is 1. The molecule has 0 atom stereocenters. The Morgan fingerprint density at radius 1 is 0.905 bits per heavy atom. The molecule has 4 heteroatoms. The molecule has 0 aliphatic heterocycles. The number of hydrogen-bond donors (Lipinski definition) is 0. The van der Waals surface area contributed by atoms with E-state index in [1.54, 1.807) is 0 Å². The standard InChI is InChI=1S/C17H14F3N/c1-2-21-10-9-13-3-4-14(11-16(13)21)12-5-7-15(8-6-12)17(18,19)20/h3-11H,2H2,1H3. The van der Waals surface area contributed by atoms with Gasteiger partial charge >= 0.3 is 6.18 Å². The van der Waals surface area contributed by atoms with Crippen molar-refractivity contribution in [2.45, 2.75) is 19.6 Å². The van der Waals surface area contributed by atoms with Gasteiger partial charge in [0.05, 0.1) is 5.56 Å². The Bertz CT molecular complexity index is 767. The van der Waals surface area contributed by atoms with E-state index in [2.05, 4.69) is 11.5 Å². The van der Waals surface area contributed by atoms with E-state index in [0.29, 0.717) is 0 Å². The quantitative estimate of drug-likeness (QED) is 0.599. The van der Waals surface area contributed by atoms with Gasteiger partial charge in [0.25, 0.3) is 0 Å². The summed E-state index contributed by atoms with van der Waals surface area (Å²) in [6.07, 6.45) is -2.28. The molecule has 0 amide bonds. The minimum Gasteiger partial charge on any atom is -0.348 e. The van der Waals surface area contributed by atoms with Gasteiger partial charge in [-0.25, -0.2) is 0 Å². The van der Waals surface area contributed by atoms with E-state index < -0.39 is 11.7 Å². The van der Waals surface area contributed by atoms with Crippen molar-refractivity contribution in [3.8, 4) is 11.1 Å². The van der Waals surface area contributed by atoms with Crippen LogP contribution in [0.5, 0.6) is 0 Å². The number of benzene rings is 2. The molecule has 1 aromatic heterocycles. The Kier molecular flexibility index (Phi) is 3.24. The topological polar surface area (TPSA) is 4.93 Å². The highest BCUT2D eigenvalue weighted by Gasteiger charge is 2.29.